The molecule has 1 aliphatic carbocycles. The Morgan fingerprint density at radius 1 is 1.33 bits per heavy atom. The minimum Gasteiger partial charge on any atom is -0.393 e. The minimum absolute atomic E-state index is 0.0253. The number of amides is 1. The first-order valence-corrected chi connectivity index (χ1v) is 6.40. The normalized spacial score (nSPS) is 22.3. The second kappa shape index (κ2) is 5.98. The van der Waals surface area contributed by atoms with Crippen LogP contribution in [0.1, 0.15) is 24.0 Å². The number of nitrogens with one attached hydrogen (secondary N) is 1. The van der Waals surface area contributed by atoms with Crippen molar-refractivity contribution in [3.8, 4) is 0 Å². The number of hydrogen-bond acceptors (Lipinski definition) is 3. The maximum absolute atomic E-state index is 11.8. The number of rotatable bonds is 5. The third kappa shape index (κ3) is 3.31. The molecule has 1 aliphatic rings. The molecule has 1 aromatic carbocycles. The Morgan fingerprint density at radius 2 is 2.00 bits per heavy atom. The van der Waals surface area contributed by atoms with E-state index >= 15 is 0 Å². The average molecular weight is 248 g/mol. The minimum atomic E-state index is -0.162. The van der Waals surface area contributed by atoms with Crippen LogP contribution in [0.15, 0.2) is 24.3 Å². The fourth-order valence-corrected chi connectivity index (χ4v) is 2.29. The van der Waals surface area contributed by atoms with Gasteiger partial charge in [0.2, 0.25) is 5.91 Å². The van der Waals surface area contributed by atoms with Gasteiger partial charge in [0.1, 0.15) is 0 Å². The van der Waals surface area contributed by atoms with Crippen LogP contribution in [0.25, 0.3) is 0 Å². The Kier molecular flexibility index (Phi) is 4.33. The molecule has 0 aliphatic heterocycles. The molecule has 0 saturated heterocycles. The van der Waals surface area contributed by atoms with Gasteiger partial charge in [-0.05, 0) is 29.9 Å². The van der Waals surface area contributed by atoms with Crippen LogP contribution in [-0.2, 0) is 17.8 Å². The van der Waals surface area contributed by atoms with E-state index in [2.05, 4.69) is 5.32 Å². The summed E-state index contributed by atoms with van der Waals surface area (Å²) in [5, 5.41) is 12.1. The van der Waals surface area contributed by atoms with E-state index < -0.39 is 0 Å². The standard InChI is InChI=1S/C14H20N2O2/c15-8-12-4-2-1-3-11(12)7-14(18)16-9-10-5-13(17)6-10/h1-4,10,13,17H,5-9,15H2,(H,16,18). The van der Waals surface area contributed by atoms with Crippen LogP contribution in [0.3, 0.4) is 0 Å². The van der Waals surface area contributed by atoms with Gasteiger partial charge in [0, 0.05) is 13.1 Å². The van der Waals surface area contributed by atoms with Crippen molar-refractivity contribution in [2.75, 3.05) is 6.54 Å². The second-order valence-electron chi connectivity index (χ2n) is 4.94. The Morgan fingerprint density at radius 3 is 2.61 bits per heavy atom. The van der Waals surface area contributed by atoms with E-state index in [1.807, 2.05) is 24.3 Å². The molecule has 1 saturated carbocycles. The summed E-state index contributed by atoms with van der Waals surface area (Å²) in [4.78, 5) is 11.8. The first-order valence-electron chi connectivity index (χ1n) is 6.40. The molecule has 1 aromatic rings. The number of carbonyl (C=O) groups excluding carboxylic acids is 1. The maximum atomic E-state index is 11.8. The molecule has 4 nitrogen and oxygen atoms in total. The summed E-state index contributed by atoms with van der Waals surface area (Å²) < 4.78 is 0. The van der Waals surface area contributed by atoms with Crippen molar-refractivity contribution in [3.63, 3.8) is 0 Å². The van der Waals surface area contributed by atoms with Gasteiger partial charge in [-0.2, -0.15) is 0 Å². The van der Waals surface area contributed by atoms with E-state index in [0.717, 1.165) is 24.0 Å². The molecule has 0 unspecified atom stereocenters. The van der Waals surface area contributed by atoms with E-state index in [4.69, 9.17) is 10.8 Å². The van der Waals surface area contributed by atoms with Crippen LogP contribution in [-0.4, -0.2) is 23.7 Å². The highest BCUT2D eigenvalue weighted by Gasteiger charge is 2.27. The molecular formula is C14H20N2O2. The zero-order valence-corrected chi connectivity index (χ0v) is 10.4. The molecule has 0 bridgehead atoms. The molecule has 0 spiro atoms. The number of nitrogens with two attached hydrogens (primary N) is 1. The van der Waals surface area contributed by atoms with Gasteiger partial charge in [-0.1, -0.05) is 24.3 Å². The monoisotopic (exact) mass is 248 g/mol. The largest absolute Gasteiger partial charge is 0.393 e. The van der Waals surface area contributed by atoms with Crippen LogP contribution in [0, 0.1) is 5.92 Å². The summed E-state index contributed by atoms with van der Waals surface area (Å²) in [6.07, 6.45) is 1.83. The molecule has 98 valence electrons. The van der Waals surface area contributed by atoms with Crippen molar-refractivity contribution in [2.24, 2.45) is 11.7 Å². The van der Waals surface area contributed by atoms with Crippen LogP contribution >= 0.6 is 0 Å². The van der Waals surface area contributed by atoms with Gasteiger partial charge in [0.05, 0.1) is 12.5 Å². The second-order valence-corrected chi connectivity index (χ2v) is 4.94. The first-order chi connectivity index (χ1) is 8.69. The van der Waals surface area contributed by atoms with Gasteiger partial charge >= 0.3 is 0 Å². The van der Waals surface area contributed by atoms with Crippen molar-refractivity contribution in [1.29, 1.82) is 0 Å². The number of aliphatic hydroxyl groups excluding tert-OH is 1. The zero-order valence-electron chi connectivity index (χ0n) is 10.4. The molecule has 1 fully saturated rings. The maximum Gasteiger partial charge on any atom is 0.224 e. The lowest BCUT2D eigenvalue weighted by Crippen LogP contribution is -2.39. The Hall–Kier alpha value is -1.39. The summed E-state index contributed by atoms with van der Waals surface area (Å²) in [6, 6.07) is 7.74. The van der Waals surface area contributed by atoms with Crippen molar-refractivity contribution in [2.45, 2.75) is 31.9 Å². The van der Waals surface area contributed by atoms with Crippen LogP contribution in [0.4, 0.5) is 0 Å². The Bertz CT molecular complexity index is 414. The number of aliphatic hydroxyl groups is 1. The molecule has 4 heteroatoms. The number of carbonyl (C=O) groups is 1. The summed E-state index contributed by atoms with van der Waals surface area (Å²) in [5.74, 6) is 0.464. The van der Waals surface area contributed by atoms with E-state index in [0.29, 0.717) is 25.4 Å². The average Bonchev–Trinajstić information content (AvgIpc) is 2.34. The van der Waals surface area contributed by atoms with E-state index in [9.17, 15) is 4.79 Å². The quantitative estimate of drug-likeness (QED) is 0.713. The summed E-state index contributed by atoms with van der Waals surface area (Å²) in [5.41, 5.74) is 7.65. The van der Waals surface area contributed by atoms with E-state index in [-0.39, 0.29) is 12.0 Å². The summed E-state index contributed by atoms with van der Waals surface area (Å²) in [6.45, 7) is 1.12. The molecular weight excluding hydrogens is 228 g/mol. The van der Waals surface area contributed by atoms with Crippen molar-refractivity contribution >= 4 is 5.91 Å². The number of hydrogen-bond donors (Lipinski definition) is 3. The van der Waals surface area contributed by atoms with Gasteiger partial charge in [0.15, 0.2) is 0 Å². The predicted molar refractivity (Wildman–Crippen MR) is 69.8 cm³/mol. The molecule has 4 N–H and O–H groups in total. The molecule has 1 amide bonds. The lowest BCUT2D eigenvalue weighted by molar-refractivity contribution is -0.121. The fraction of sp³-hybridized carbons (Fsp3) is 0.500. The molecule has 0 radical (unpaired) electrons. The van der Waals surface area contributed by atoms with Gasteiger partial charge in [-0.15, -0.1) is 0 Å². The van der Waals surface area contributed by atoms with Gasteiger partial charge in [-0.3, -0.25) is 4.79 Å². The van der Waals surface area contributed by atoms with Crippen molar-refractivity contribution in [1.82, 2.24) is 5.32 Å². The van der Waals surface area contributed by atoms with Crippen molar-refractivity contribution in [3.05, 3.63) is 35.4 Å². The first kappa shape index (κ1) is 13.1. The lowest BCUT2D eigenvalue weighted by Gasteiger charge is -2.31. The number of benzene rings is 1. The molecule has 0 heterocycles. The predicted octanol–water partition coefficient (Wildman–Crippen LogP) is 0.575. The van der Waals surface area contributed by atoms with Gasteiger partial charge in [0.25, 0.3) is 0 Å². The van der Waals surface area contributed by atoms with Gasteiger partial charge in [-0.25, -0.2) is 0 Å². The van der Waals surface area contributed by atoms with Crippen LogP contribution in [0.5, 0.6) is 0 Å². The van der Waals surface area contributed by atoms with Crippen LogP contribution in [0.2, 0.25) is 0 Å². The van der Waals surface area contributed by atoms with Crippen molar-refractivity contribution < 1.29 is 9.90 Å². The SMILES string of the molecule is NCc1ccccc1CC(=O)NCC1CC(O)C1. The topological polar surface area (TPSA) is 75.4 Å². The fourth-order valence-electron chi connectivity index (χ4n) is 2.29. The molecule has 2 rings (SSSR count). The molecule has 0 atom stereocenters. The summed E-state index contributed by atoms with van der Waals surface area (Å²) in [7, 11) is 0. The smallest absolute Gasteiger partial charge is 0.224 e. The third-order valence-corrected chi connectivity index (χ3v) is 3.49. The summed E-state index contributed by atoms with van der Waals surface area (Å²) >= 11 is 0. The Labute approximate surface area is 107 Å². The molecule has 18 heavy (non-hydrogen) atoms. The highest BCUT2D eigenvalue weighted by Crippen LogP contribution is 2.26. The van der Waals surface area contributed by atoms with Crippen LogP contribution < -0.4 is 11.1 Å². The van der Waals surface area contributed by atoms with Gasteiger partial charge < -0.3 is 16.2 Å². The zero-order chi connectivity index (χ0) is 13.0. The third-order valence-electron chi connectivity index (χ3n) is 3.49. The molecule has 0 aromatic heterocycles. The van der Waals surface area contributed by atoms with E-state index in [1.54, 1.807) is 0 Å². The Balaban J connectivity index is 1.79. The lowest BCUT2D eigenvalue weighted by atomic mass is 9.82. The highest BCUT2D eigenvalue weighted by molar-refractivity contribution is 5.78. The highest BCUT2D eigenvalue weighted by atomic mass is 16.3. The van der Waals surface area contributed by atoms with E-state index in [1.165, 1.54) is 0 Å².